The first-order valence-electron chi connectivity index (χ1n) is 9.49. The van der Waals surface area contributed by atoms with E-state index in [1.54, 1.807) is 0 Å². The molecule has 0 N–H and O–H groups in total. The van der Waals surface area contributed by atoms with E-state index >= 15 is 0 Å². The van der Waals surface area contributed by atoms with Crippen LogP contribution in [0.2, 0.25) is 0 Å². The van der Waals surface area contributed by atoms with Gasteiger partial charge in [0.05, 0.1) is 0 Å². The van der Waals surface area contributed by atoms with Crippen molar-refractivity contribution in [1.29, 1.82) is 0 Å². The molecule has 0 nitrogen and oxygen atoms in total. The van der Waals surface area contributed by atoms with Crippen molar-refractivity contribution in [3.05, 3.63) is 24.1 Å². The Balaban J connectivity index is 1.71. The highest BCUT2D eigenvalue weighted by molar-refractivity contribution is 5.00. The van der Waals surface area contributed by atoms with Crippen molar-refractivity contribution in [2.75, 3.05) is 0 Å². The summed E-state index contributed by atoms with van der Waals surface area (Å²) in [5, 5.41) is 0. The summed E-state index contributed by atoms with van der Waals surface area (Å²) >= 11 is 0. The van der Waals surface area contributed by atoms with Crippen molar-refractivity contribution < 1.29 is 13.2 Å². The average Bonchev–Trinajstić information content (AvgIpc) is 2.59. The quantitative estimate of drug-likeness (QED) is 0.351. The molecule has 0 saturated heterocycles. The van der Waals surface area contributed by atoms with Crippen molar-refractivity contribution in [3.63, 3.8) is 0 Å². The lowest BCUT2D eigenvalue weighted by molar-refractivity contribution is 0.154. The fourth-order valence-electron chi connectivity index (χ4n) is 4.42. The summed E-state index contributed by atoms with van der Waals surface area (Å²) < 4.78 is 38.0. The zero-order valence-electron chi connectivity index (χ0n) is 14.4. The van der Waals surface area contributed by atoms with Crippen molar-refractivity contribution in [2.24, 2.45) is 23.7 Å². The standard InChI is InChI=1S/C20H31F3/c1-2-3-4-5-6-15-7-9-16(10-8-15)17-11-13-18(14-12-17)19(21)20(22)23/h5-6,15-18H,2-4,7-14H2,1H3/b6-5+. The van der Waals surface area contributed by atoms with E-state index in [2.05, 4.69) is 19.1 Å². The van der Waals surface area contributed by atoms with E-state index in [9.17, 15) is 13.2 Å². The maximum atomic E-state index is 13.3. The predicted molar refractivity (Wildman–Crippen MR) is 89.9 cm³/mol. The number of hydrogen-bond donors (Lipinski definition) is 0. The molecule has 0 heterocycles. The highest BCUT2D eigenvalue weighted by atomic mass is 19.3. The number of hydrogen-bond acceptors (Lipinski definition) is 0. The molecule has 0 aliphatic heterocycles. The third kappa shape index (κ3) is 5.69. The van der Waals surface area contributed by atoms with Gasteiger partial charge in [0, 0.05) is 5.92 Å². The molecule has 0 bridgehead atoms. The number of halogens is 3. The minimum Gasteiger partial charge on any atom is -0.206 e. The summed E-state index contributed by atoms with van der Waals surface area (Å²) in [4.78, 5) is 0. The summed E-state index contributed by atoms with van der Waals surface area (Å²) in [6, 6.07) is 0. The highest BCUT2D eigenvalue weighted by Crippen LogP contribution is 2.43. The van der Waals surface area contributed by atoms with Crippen LogP contribution in [0.3, 0.4) is 0 Å². The SMILES string of the molecule is CCCC/C=C/C1CCC(C2CCC(C(F)=C(F)F)CC2)CC1. The van der Waals surface area contributed by atoms with E-state index in [4.69, 9.17) is 0 Å². The Labute approximate surface area is 139 Å². The lowest BCUT2D eigenvalue weighted by Gasteiger charge is -2.37. The summed E-state index contributed by atoms with van der Waals surface area (Å²) in [5.74, 6) is 0.434. The van der Waals surface area contributed by atoms with Gasteiger partial charge in [0.15, 0.2) is 5.83 Å². The highest BCUT2D eigenvalue weighted by Gasteiger charge is 2.32. The van der Waals surface area contributed by atoms with Crippen molar-refractivity contribution >= 4 is 0 Å². The number of unbranched alkanes of at least 4 members (excludes halogenated alkanes) is 2. The van der Waals surface area contributed by atoms with Gasteiger partial charge in [-0.15, -0.1) is 0 Å². The molecule has 2 fully saturated rings. The van der Waals surface area contributed by atoms with Crippen LogP contribution in [-0.2, 0) is 0 Å². The van der Waals surface area contributed by atoms with E-state index < -0.39 is 17.8 Å². The molecule has 23 heavy (non-hydrogen) atoms. The van der Waals surface area contributed by atoms with Crippen LogP contribution in [0.5, 0.6) is 0 Å². The zero-order chi connectivity index (χ0) is 16.7. The van der Waals surface area contributed by atoms with Gasteiger partial charge in [0.1, 0.15) is 0 Å². The maximum Gasteiger partial charge on any atom is 0.301 e. The van der Waals surface area contributed by atoms with Crippen LogP contribution < -0.4 is 0 Å². The van der Waals surface area contributed by atoms with Gasteiger partial charge in [-0.2, -0.15) is 8.78 Å². The van der Waals surface area contributed by atoms with Gasteiger partial charge in [0.2, 0.25) is 0 Å². The third-order valence-electron chi connectivity index (χ3n) is 5.93. The molecule has 3 heteroatoms. The first-order chi connectivity index (χ1) is 11.1. The largest absolute Gasteiger partial charge is 0.301 e. The summed E-state index contributed by atoms with van der Waals surface area (Å²) in [7, 11) is 0. The fourth-order valence-corrected chi connectivity index (χ4v) is 4.42. The van der Waals surface area contributed by atoms with Crippen molar-refractivity contribution in [3.8, 4) is 0 Å². The predicted octanol–water partition coefficient (Wildman–Crippen LogP) is 7.42. The average molecular weight is 328 g/mol. The molecule has 2 saturated carbocycles. The second kappa shape index (κ2) is 9.54. The smallest absolute Gasteiger partial charge is 0.206 e. The lowest BCUT2D eigenvalue weighted by atomic mass is 9.69. The van der Waals surface area contributed by atoms with Gasteiger partial charge in [-0.3, -0.25) is 0 Å². The van der Waals surface area contributed by atoms with E-state index in [0.717, 1.165) is 24.7 Å². The number of allylic oxidation sites excluding steroid dienone is 3. The molecule has 2 rings (SSSR count). The van der Waals surface area contributed by atoms with Crippen LogP contribution in [0.1, 0.15) is 77.6 Å². The minimum atomic E-state index is -2.11. The molecule has 132 valence electrons. The maximum absolute atomic E-state index is 13.3. The Morgan fingerprint density at radius 3 is 1.96 bits per heavy atom. The van der Waals surface area contributed by atoms with E-state index in [1.165, 1.54) is 44.9 Å². The van der Waals surface area contributed by atoms with Crippen LogP contribution in [0.4, 0.5) is 13.2 Å². The normalized spacial score (nSPS) is 32.2. The van der Waals surface area contributed by atoms with Gasteiger partial charge in [-0.25, -0.2) is 4.39 Å². The molecular formula is C20H31F3. The first-order valence-corrected chi connectivity index (χ1v) is 9.49. The molecule has 0 atom stereocenters. The molecule has 0 unspecified atom stereocenters. The zero-order valence-corrected chi connectivity index (χ0v) is 14.4. The topological polar surface area (TPSA) is 0 Å². The fraction of sp³-hybridized carbons (Fsp3) is 0.800. The molecule has 0 amide bonds. The monoisotopic (exact) mass is 328 g/mol. The number of rotatable bonds is 6. The Morgan fingerprint density at radius 1 is 0.870 bits per heavy atom. The van der Waals surface area contributed by atoms with Gasteiger partial charge in [-0.05, 0) is 75.5 Å². The molecule has 0 aromatic carbocycles. The van der Waals surface area contributed by atoms with Crippen molar-refractivity contribution in [1.82, 2.24) is 0 Å². The summed E-state index contributed by atoms with van der Waals surface area (Å²) in [6.07, 6.45) is 14.5. The van der Waals surface area contributed by atoms with Gasteiger partial charge < -0.3 is 0 Å². The van der Waals surface area contributed by atoms with Crippen LogP contribution in [0.25, 0.3) is 0 Å². The summed E-state index contributed by atoms with van der Waals surface area (Å²) in [5.41, 5.74) is 0. The molecule has 2 aliphatic rings. The van der Waals surface area contributed by atoms with Crippen LogP contribution >= 0.6 is 0 Å². The van der Waals surface area contributed by atoms with Gasteiger partial charge in [-0.1, -0.05) is 31.9 Å². The minimum absolute atomic E-state index is 0.519. The van der Waals surface area contributed by atoms with E-state index in [0.29, 0.717) is 18.8 Å². The van der Waals surface area contributed by atoms with E-state index in [-0.39, 0.29) is 0 Å². The Morgan fingerprint density at radius 2 is 1.43 bits per heavy atom. The molecular weight excluding hydrogens is 297 g/mol. The Kier molecular flexibility index (Phi) is 7.72. The van der Waals surface area contributed by atoms with Crippen LogP contribution in [0, 0.1) is 23.7 Å². The van der Waals surface area contributed by atoms with Gasteiger partial charge >= 0.3 is 6.08 Å². The molecule has 0 radical (unpaired) electrons. The molecule has 0 aromatic rings. The second-order valence-electron chi connectivity index (χ2n) is 7.47. The van der Waals surface area contributed by atoms with E-state index in [1.807, 2.05) is 0 Å². The molecule has 2 aliphatic carbocycles. The molecule has 0 spiro atoms. The van der Waals surface area contributed by atoms with Gasteiger partial charge in [0.25, 0.3) is 0 Å². The van der Waals surface area contributed by atoms with Crippen molar-refractivity contribution in [2.45, 2.75) is 77.6 Å². The molecule has 0 aromatic heterocycles. The summed E-state index contributed by atoms with van der Waals surface area (Å²) in [6.45, 7) is 2.22. The third-order valence-corrected chi connectivity index (χ3v) is 5.93. The van der Waals surface area contributed by atoms with Crippen LogP contribution in [0.15, 0.2) is 24.1 Å². The van der Waals surface area contributed by atoms with Crippen LogP contribution in [-0.4, -0.2) is 0 Å². The second-order valence-corrected chi connectivity index (χ2v) is 7.47. The lowest BCUT2D eigenvalue weighted by Crippen LogP contribution is -2.25. The Bertz CT molecular complexity index is 393. The first kappa shape index (κ1) is 18.6. The Hall–Kier alpha value is -0.730.